The number of hydrogen-bond acceptors (Lipinski definition) is 6. The monoisotopic (exact) mass is 534 g/mol. The maximum Gasteiger partial charge on any atom is 0.283 e. The average molecular weight is 535 g/mol. The summed E-state index contributed by atoms with van der Waals surface area (Å²) in [7, 11) is 0. The zero-order valence-electron chi connectivity index (χ0n) is 20.1. The largest absolute Gasteiger partial charge is 0.492 e. The van der Waals surface area contributed by atoms with Gasteiger partial charge in [-0.3, -0.25) is 9.78 Å². The number of amides is 1. The van der Waals surface area contributed by atoms with Gasteiger partial charge in [0.05, 0.1) is 34.1 Å². The summed E-state index contributed by atoms with van der Waals surface area (Å²) in [6.45, 7) is 5.19. The second-order valence-corrected chi connectivity index (χ2v) is 8.41. The van der Waals surface area contributed by atoms with Crippen LogP contribution in [0, 0.1) is 17.1 Å². The fraction of sp³-hybridized carbons (Fsp3) is 0.107. The first kappa shape index (κ1) is 26.4. The molecule has 0 saturated heterocycles. The standard InChI is InChI=1S/C28H21ClF2N4O3/c1-3-37-26-12-23-21(11-24(26)35-28(36)16(2)30)27(18(13-32)14-33-23)34-20-7-8-25(22(29)10-20)38-15-17-5-4-6-19(31)9-17/h4-12,14H,2-3,15H2,1H3,(H,33,34)(H,35,36). The number of ether oxygens (including phenoxy) is 2. The van der Waals surface area contributed by atoms with Crippen LogP contribution in [0.15, 0.2) is 73.2 Å². The van der Waals surface area contributed by atoms with Crippen LogP contribution < -0.4 is 20.1 Å². The van der Waals surface area contributed by atoms with Gasteiger partial charge in [0.25, 0.3) is 5.91 Å². The molecule has 4 rings (SSSR count). The molecule has 192 valence electrons. The molecule has 4 aromatic rings. The van der Waals surface area contributed by atoms with Crippen molar-refractivity contribution in [2.24, 2.45) is 0 Å². The molecule has 0 bridgehead atoms. The van der Waals surface area contributed by atoms with Gasteiger partial charge < -0.3 is 20.1 Å². The van der Waals surface area contributed by atoms with Gasteiger partial charge in [0.2, 0.25) is 0 Å². The van der Waals surface area contributed by atoms with E-state index in [9.17, 15) is 18.8 Å². The number of pyridine rings is 1. The summed E-state index contributed by atoms with van der Waals surface area (Å²) in [6, 6.07) is 16.2. The van der Waals surface area contributed by atoms with Crippen LogP contribution in [0.2, 0.25) is 5.02 Å². The second-order valence-electron chi connectivity index (χ2n) is 8.01. The zero-order chi connectivity index (χ0) is 27.2. The van der Waals surface area contributed by atoms with E-state index in [1.807, 2.05) is 0 Å². The lowest BCUT2D eigenvalue weighted by Gasteiger charge is -2.16. The molecule has 0 radical (unpaired) electrons. The second kappa shape index (κ2) is 11.6. The van der Waals surface area contributed by atoms with E-state index in [0.717, 1.165) is 0 Å². The van der Waals surface area contributed by atoms with Crippen molar-refractivity contribution in [3.05, 3.63) is 95.2 Å². The maximum absolute atomic E-state index is 13.4. The minimum absolute atomic E-state index is 0.125. The molecule has 0 aliphatic carbocycles. The van der Waals surface area contributed by atoms with Gasteiger partial charge in [-0.15, -0.1) is 0 Å². The number of nitrogens with zero attached hydrogens (tertiary/aromatic N) is 2. The molecule has 0 unspecified atom stereocenters. The van der Waals surface area contributed by atoms with Crippen LogP contribution in [0.4, 0.5) is 25.8 Å². The molecule has 0 spiro atoms. The Hall–Kier alpha value is -4.68. The number of halogens is 3. The van der Waals surface area contributed by atoms with Crippen molar-refractivity contribution >= 4 is 45.5 Å². The SMILES string of the molecule is C=C(F)C(=O)Nc1cc2c(Nc3ccc(OCc4cccc(F)c4)c(Cl)c3)c(C#N)cnc2cc1OCC. The number of benzene rings is 3. The van der Waals surface area contributed by atoms with E-state index in [4.69, 9.17) is 21.1 Å². The summed E-state index contributed by atoms with van der Waals surface area (Å²) in [5, 5.41) is 16.1. The van der Waals surface area contributed by atoms with Crippen LogP contribution in [0.5, 0.6) is 11.5 Å². The van der Waals surface area contributed by atoms with Gasteiger partial charge in [-0.2, -0.15) is 5.26 Å². The summed E-state index contributed by atoms with van der Waals surface area (Å²) in [5.41, 5.74) is 2.44. The lowest BCUT2D eigenvalue weighted by atomic mass is 10.1. The number of anilines is 3. The fourth-order valence-corrected chi connectivity index (χ4v) is 3.86. The molecule has 0 saturated carbocycles. The van der Waals surface area contributed by atoms with Crippen LogP contribution >= 0.6 is 11.6 Å². The molecule has 1 aromatic heterocycles. The highest BCUT2D eigenvalue weighted by Gasteiger charge is 2.17. The Morgan fingerprint density at radius 3 is 2.66 bits per heavy atom. The van der Waals surface area contributed by atoms with Gasteiger partial charge in [-0.05, 0) is 48.9 Å². The van der Waals surface area contributed by atoms with Crippen molar-refractivity contribution in [1.82, 2.24) is 4.98 Å². The normalized spacial score (nSPS) is 10.5. The van der Waals surface area contributed by atoms with Crippen LogP contribution in [-0.2, 0) is 11.4 Å². The van der Waals surface area contributed by atoms with Crippen molar-refractivity contribution in [3.63, 3.8) is 0 Å². The highest BCUT2D eigenvalue weighted by molar-refractivity contribution is 6.32. The Bertz CT molecular complexity index is 1590. The van der Waals surface area contributed by atoms with Crippen molar-refractivity contribution in [1.29, 1.82) is 5.26 Å². The van der Waals surface area contributed by atoms with Gasteiger partial charge in [-0.1, -0.05) is 30.3 Å². The predicted molar refractivity (Wildman–Crippen MR) is 142 cm³/mol. The Morgan fingerprint density at radius 1 is 1.16 bits per heavy atom. The lowest BCUT2D eigenvalue weighted by molar-refractivity contribution is -0.114. The van der Waals surface area contributed by atoms with Gasteiger partial charge in [0.1, 0.15) is 30.0 Å². The number of aromatic nitrogens is 1. The minimum atomic E-state index is -1.16. The molecule has 0 fully saturated rings. The van der Waals surface area contributed by atoms with E-state index in [-0.39, 0.29) is 34.4 Å². The number of rotatable bonds is 9. The Balaban J connectivity index is 1.67. The molecule has 1 amide bonds. The number of nitriles is 1. The van der Waals surface area contributed by atoms with E-state index in [2.05, 4.69) is 28.3 Å². The molecule has 3 aromatic carbocycles. The molecule has 7 nitrogen and oxygen atoms in total. The van der Waals surface area contributed by atoms with E-state index >= 15 is 0 Å². The third kappa shape index (κ3) is 5.99. The molecule has 2 N–H and O–H groups in total. The predicted octanol–water partition coefficient (Wildman–Crippen LogP) is 7.04. The first-order chi connectivity index (χ1) is 18.3. The Labute approximate surface area is 222 Å². The summed E-state index contributed by atoms with van der Waals surface area (Å²) < 4.78 is 38.1. The third-order valence-electron chi connectivity index (χ3n) is 5.37. The highest BCUT2D eigenvalue weighted by Crippen LogP contribution is 2.37. The van der Waals surface area contributed by atoms with E-state index < -0.39 is 11.7 Å². The zero-order valence-corrected chi connectivity index (χ0v) is 20.9. The van der Waals surface area contributed by atoms with Crippen LogP contribution in [-0.4, -0.2) is 17.5 Å². The van der Waals surface area contributed by atoms with E-state index in [1.165, 1.54) is 24.4 Å². The van der Waals surface area contributed by atoms with Crippen molar-refractivity contribution in [3.8, 4) is 17.6 Å². The van der Waals surface area contributed by atoms with Crippen LogP contribution in [0.1, 0.15) is 18.1 Å². The van der Waals surface area contributed by atoms with Crippen molar-refractivity contribution in [2.75, 3.05) is 17.2 Å². The molecule has 38 heavy (non-hydrogen) atoms. The Kier molecular flexibility index (Phi) is 8.04. The summed E-state index contributed by atoms with van der Waals surface area (Å²) in [5.74, 6) is -1.88. The molecule has 0 aliphatic heterocycles. The number of fused-ring (bicyclic) bond motifs is 1. The maximum atomic E-state index is 13.4. The minimum Gasteiger partial charge on any atom is -0.492 e. The number of nitrogens with one attached hydrogen (secondary N) is 2. The average Bonchev–Trinajstić information content (AvgIpc) is 2.89. The number of carbonyl (C=O) groups excluding carboxylic acids is 1. The van der Waals surface area contributed by atoms with E-state index in [0.29, 0.717) is 40.2 Å². The van der Waals surface area contributed by atoms with Crippen molar-refractivity contribution < 1.29 is 23.0 Å². The van der Waals surface area contributed by atoms with Gasteiger partial charge in [-0.25, -0.2) is 8.78 Å². The molecular formula is C28H21ClF2N4O3. The van der Waals surface area contributed by atoms with Crippen molar-refractivity contribution in [2.45, 2.75) is 13.5 Å². The van der Waals surface area contributed by atoms with Gasteiger partial charge in [0.15, 0.2) is 5.83 Å². The summed E-state index contributed by atoms with van der Waals surface area (Å²) in [6.07, 6.45) is 1.40. The fourth-order valence-electron chi connectivity index (χ4n) is 3.63. The van der Waals surface area contributed by atoms with Crippen LogP contribution in [0.3, 0.4) is 0 Å². The quantitative estimate of drug-likeness (QED) is 0.223. The van der Waals surface area contributed by atoms with E-state index in [1.54, 1.807) is 43.3 Å². The van der Waals surface area contributed by atoms with Gasteiger partial charge >= 0.3 is 0 Å². The first-order valence-corrected chi connectivity index (χ1v) is 11.8. The third-order valence-corrected chi connectivity index (χ3v) is 5.66. The summed E-state index contributed by atoms with van der Waals surface area (Å²) in [4.78, 5) is 16.3. The lowest BCUT2D eigenvalue weighted by Crippen LogP contribution is -2.12. The van der Waals surface area contributed by atoms with Crippen LogP contribution in [0.25, 0.3) is 10.9 Å². The number of hydrogen-bond donors (Lipinski definition) is 2. The molecule has 0 atom stereocenters. The number of carbonyl (C=O) groups is 1. The molecule has 10 heteroatoms. The highest BCUT2D eigenvalue weighted by atomic mass is 35.5. The summed E-state index contributed by atoms with van der Waals surface area (Å²) >= 11 is 6.43. The molecule has 0 aliphatic rings. The first-order valence-electron chi connectivity index (χ1n) is 11.4. The van der Waals surface area contributed by atoms with Gasteiger partial charge in [0, 0.05) is 23.3 Å². The smallest absolute Gasteiger partial charge is 0.283 e. The Morgan fingerprint density at radius 2 is 1.97 bits per heavy atom. The molecule has 1 heterocycles. The topological polar surface area (TPSA) is 96.3 Å². The molecular weight excluding hydrogens is 514 g/mol.